The summed E-state index contributed by atoms with van der Waals surface area (Å²) in [6.45, 7) is 4.64. The van der Waals surface area contributed by atoms with Gasteiger partial charge in [0, 0.05) is 24.3 Å². The van der Waals surface area contributed by atoms with E-state index in [-0.39, 0.29) is 0 Å². The van der Waals surface area contributed by atoms with E-state index in [1.807, 2.05) is 0 Å². The molecule has 1 aromatic carbocycles. The van der Waals surface area contributed by atoms with Crippen LogP contribution in [0.1, 0.15) is 87.7 Å². The molecule has 0 N–H and O–H groups in total. The molecule has 3 nitrogen and oxygen atoms in total. The summed E-state index contributed by atoms with van der Waals surface area (Å²) >= 11 is 0. The molecule has 0 unspecified atom stereocenters. The van der Waals surface area contributed by atoms with E-state index in [1.54, 1.807) is 5.56 Å². The van der Waals surface area contributed by atoms with Crippen molar-refractivity contribution < 1.29 is 9.53 Å². The first-order valence-electron chi connectivity index (χ1n) is 12.8. The lowest BCUT2D eigenvalue weighted by atomic mass is 9.74. The first-order chi connectivity index (χ1) is 14.8. The van der Waals surface area contributed by atoms with Gasteiger partial charge in [-0.15, -0.1) is 0 Å². The third-order valence-corrected chi connectivity index (χ3v) is 8.68. The topological polar surface area (TPSA) is 29.5 Å². The van der Waals surface area contributed by atoms with E-state index in [1.165, 1.54) is 89.4 Å². The molecule has 2 aliphatic carbocycles. The van der Waals surface area contributed by atoms with Crippen molar-refractivity contribution in [2.45, 2.75) is 83.0 Å². The number of hydrogen-bond donors (Lipinski definition) is 0. The Morgan fingerprint density at radius 1 is 0.967 bits per heavy atom. The highest BCUT2D eigenvalue weighted by Crippen LogP contribution is 2.38. The molecule has 3 heteroatoms. The van der Waals surface area contributed by atoms with Gasteiger partial charge in [-0.05, 0) is 94.0 Å². The zero-order chi connectivity index (χ0) is 20.3. The van der Waals surface area contributed by atoms with E-state index in [0.29, 0.717) is 17.6 Å². The number of fused-ring (bicyclic) bond motifs is 1. The van der Waals surface area contributed by atoms with Gasteiger partial charge in [0.1, 0.15) is 11.5 Å². The predicted molar refractivity (Wildman–Crippen MR) is 121 cm³/mol. The van der Waals surface area contributed by atoms with Crippen LogP contribution in [0.5, 0.6) is 5.75 Å². The Morgan fingerprint density at radius 3 is 2.47 bits per heavy atom. The number of benzene rings is 1. The number of likely N-dealkylation sites (tertiary alicyclic amines) is 1. The number of hydrogen-bond acceptors (Lipinski definition) is 3. The Kier molecular flexibility index (Phi) is 6.45. The van der Waals surface area contributed by atoms with E-state index >= 15 is 0 Å². The SMILES string of the molecule is O=C(CC1CCC(CCN2CCC(c3cccc4c3CCO4)CC2)CC1)C1CCC1. The molecule has 2 heterocycles. The second-order valence-electron chi connectivity index (χ2n) is 10.5. The van der Waals surface area contributed by atoms with Gasteiger partial charge in [-0.25, -0.2) is 0 Å². The fourth-order valence-electron chi connectivity index (χ4n) is 6.37. The Balaban J connectivity index is 1.01. The maximum Gasteiger partial charge on any atom is 0.136 e. The van der Waals surface area contributed by atoms with Gasteiger partial charge in [0.2, 0.25) is 0 Å². The molecule has 2 saturated carbocycles. The summed E-state index contributed by atoms with van der Waals surface area (Å²) in [7, 11) is 0. The van der Waals surface area contributed by atoms with Crippen LogP contribution in [0.4, 0.5) is 0 Å². The number of piperidine rings is 1. The molecule has 4 aliphatic rings. The fourth-order valence-corrected chi connectivity index (χ4v) is 6.37. The van der Waals surface area contributed by atoms with Gasteiger partial charge in [-0.3, -0.25) is 4.79 Å². The standard InChI is InChI=1S/C27H39NO2/c29-26(23-3-1-4-23)19-21-9-7-20(8-10-21)11-15-28-16-12-22(13-17-28)24-5-2-6-27-25(24)14-18-30-27/h2,5-6,20-23H,1,3-4,7-19H2. The van der Waals surface area contributed by atoms with Gasteiger partial charge >= 0.3 is 0 Å². The molecule has 0 radical (unpaired) electrons. The number of Topliss-reactive ketones (excluding diaryl/α,β-unsaturated/α-hetero) is 1. The summed E-state index contributed by atoms with van der Waals surface area (Å²) in [5.41, 5.74) is 3.06. The molecule has 0 amide bonds. The van der Waals surface area contributed by atoms with Crippen LogP contribution < -0.4 is 4.74 Å². The molecule has 1 saturated heterocycles. The number of nitrogens with zero attached hydrogens (tertiary/aromatic N) is 1. The van der Waals surface area contributed by atoms with Crippen LogP contribution in [0.2, 0.25) is 0 Å². The summed E-state index contributed by atoms with van der Waals surface area (Å²) in [5, 5.41) is 0. The van der Waals surface area contributed by atoms with Gasteiger partial charge in [0.05, 0.1) is 6.61 Å². The molecule has 30 heavy (non-hydrogen) atoms. The zero-order valence-electron chi connectivity index (χ0n) is 18.6. The molecule has 0 aromatic heterocycles. The minimum Gasteiger partial charge on any atom is -0.493 e. The number of carbonyl (C=O) groups is 1. The lowest BCUT2D eigenvalue weighted by molar-refractivity contribution is -0.126. The number of rotatable bonds is 7. The maximum atomic E-state index is 12.3. The van der Waals surface area contributed by atoms with E-state index in [2.05, 4.69) is 23.1 Å². The average molecular weight is 410 g/mol. The molecule has 0 bridgehead atoms. The number of carbonyl (C=O) groups excluding carboxylic acids is 1. The lowest BCUT2D eigenvalue weighted by Crippen LogP contribution is -2.35. The molecular weight excluding hydrogens is 370 g/mol. The Hall–Kier alpha value is -1.35. The molecule has 3 fully saturated rings. The van der Waals surface area contributed by atoms with Crippen molar-refractivity contribution >= 4 is 5.78 Å². The highest BCUT2D eigenvalue weighted by Gasteiger charge is 2.30. The van der Waals surface area contributed by atoms with Crippen molar-refractivity contribution in [3.05, 3.63) is 29.3 Å². The van der Waals surface area contributed by atoms with Crippen molar-refractivity contribution in [1.29, 1.82) is 0 Å². The van der Waals surface area contributed by atoms with Crippen LogP contribution in [0.3, 0.4) is 0 Å². The van der Waals surface area contributed by atoms with Gasteiger partial charge in [-0.2, -0.15) is 0 Å². The predicted octanol–water partition coefficient (Wildman–Crippen LogP) is 5.76. The van der Waals surface area contributed by atoms with E-state index in [4.69, 9.17) is 4.74 Å². The van der Waals surface area contributed by atoms with Crippen molar-refractivity contribution in [1.82, 2.24) is 4.90 Å². The normalized spacial score (nSPS) is 28.0. The molecule has 0 spiro atoms. The summed E-state index contributed by atoms with van der Waals surface area (Å²) in [5.74, 6) is 4.48. The maximum absolute atomic E-state index is 12.3. The third kappa shape index (κ3) is 4.61. The van der Waals surface area contributed by atoms with Crippen LogP contribution in [-0.4, -0.2) is 36.9 Å². The van der Waals surface area contributed by atoms with Crippen LogP contribution in [0, 0.1) is 17.8 Å². The van der Waals surface area contributed by atoms with E-state index in [9.17, 15) is 4.79 Å². The van der Waals surface area contributed by atoms with Crippen molar-refractivity contribution in [2.24, 2.45) is 17.8 Å². The smallest absolute Gasteiger partial charge is 0.136 e. The highest BCUT2D eigenvalue weighted by molar-refractivity contribution is 5.81. The largest absolute Gasteiger partial charge is 0.493 e. The lowest BCUT2D eigenvalue weighted by Gasteiger charge is -2.35. The Labute approximate surface area is 182 Å². The third-order valence-electron chi connectivity index (χ3n) is 8.68. The molecule has 164 valence electrons. The van der Waals surface area contributed by atoms with E-state index < -0.39 is 0 Å². The molecular formula is C27H39NO2. The van der Waals surface area contributed by atoms with Gasteiger partial charge in [0.25, 0.3) is 0 Å². The zero-order valence-corrected chi connectivity index (χ0v) is 18.6. The van der Waals surface area contributed by atoms with Crippen LogP contribution >= 0.6 is 0 Å². The molecule has 2 aliphatic heterocycles. The second-order valence-corrected chi connectivity index (χ2v) is 10.5. The molecule has 5 rings (SSSR count). The Morgan fingerprint density at radius 2 is 1.73 bits per heavy atom. The molecule has 0 atom stereocenters. The second kappa shape index (κ2) is 9.42. The summed E-state index contributed by atoms with van der Waals surface area (Å²) in [6.07, 6.45) is 14.9. The minimum absolute atomic E-state index is 0.440. The molecule has 1 aromatic rings. The van der Waals surface area contributed by atoms with Crippen molar-refractivity contribution in [3.8, 4) is 5.75 Å². The first-order valence-corrected chi connectivity index (χ1v) is 12.8. The van der Waals surface area contributed by atoms with Crippen molar-refractivity contribution in [2.75, 3.05) is 26.2 Å². The number of ketones is 1. The monoisotopic (exact) mass is 409 g/mol. The van der Waals surface area contributed by atoms with E-state index in [0.717, 1.165) is 37.0 Å². The van der Waals surface area contributed by atoms with Gasteiger partial charge < -0.3 is 9.64 Å². The average Bonchev–Trinajstić information content (AvgIpc) is 3.21. The Bertz CT molecular complexity index is 724. The highest BCUT2D eigenvalue weighted by atomic mass is 16.5. The minimum atomic E-state index is 0.440. The summed E-state index contributed by atoms with van der Waals surface area (Å²) < 4.78 is 5.78. The van der Waals surface area contributed by atoms with Crippen LogP contribution in [-0.2, 0) is 11.2 Å². The van der Waals surface area contributed by atoms with Crippen molar-refractivity contribution in [3.63, 3.8) is 0 Å². The van der Waals surface area contributed by atoms with Crippen LogP contribution in [0.25, 0.3) is 0 Å². The fraction of sp³-hybridized carbons (Fsp3) is 0.741. The van der Waals surface area contributed by atoms with Gasteiger partial charge in [0.15, 0.2) is 0 Å². The summed E-state index contributed by atoms with van der Waals surface area (Å²) in [4.78, 5) is 15.0. The van der Waals surface area contributed by atoms with Gasteiger partial charge in [-0.1, -0.05) is 31.4 Å². The van der Waals surface area contributed by atoms with Crippen LogP contribution in [0.15, 0.2) is 18.2 Å². The first kappa shape index (κ1) is 20.5. The summed E-state index contributed by atoms with van der Waals surface area (Å²) in [6, 6.07) is 6.67. The number of ether oxygens (including phenoxy) is 1. The quantitative estimate of drug-likeness (QED) is 0.574.